The molecule has 4 atom stereocenters. The number of ether oxygens (including phenoxy) is 3. The fraction of sp³-hybridized carbons (Fsp3) is 0.455. The predicted octanol–water partition coefficient (Wildman–Crippen LogP) is 3.39. The molecule has 2 aliphatic heterocycles. The van der Waals surface area contributed by atoms with Gasteiger partial charge in [0.1, 0.15) is 24.0 Å². The van der Waals surface area contributed by atoms with Crippen molar-refractivity contribution in [3.8, 4) is 16.9 Å². The van der Waals surface area contributed by atoms with Gasteiger partial charge in [0.05, 0.1) is 6.10 Å². The second-order valence-electron chi connectivity index (χ2n) is 7.87. The van der Waals surface area contributed by atoms with Crippen LogP contribution in [0.3, 0.4) is 0 Å². The number of hydrogen-bond acceptors (Lipinski definition) is 6. The molecule has 1 aliphatic carbocycles. The van der Waals surface area contributed by atoms with Crippen molar-refractivity contribution < 1.29 is 18.6 Å². The number of aromatic nitrogens is 1. The van der Waals surface area contributed by atoms with Gasteiger partial charge < -0.3 is 19.9 Å². The van der Waals surface area contributed by atoms with Gasteiger partial charge in [-0.3, -0.25) is 0 Å². The standard InChI is InChI=1S/C22H24FN3O3/c1-2-27-14-6-8-19-17(11-14)22(12-28-21(24)26-22)16-10-13(5-7-18(16)29-19)15-4-3-9-25-20(15)23/h3-5,7,9-10,14,17,19H,2,6,8,11-12H2,1H3,(H2,24,26)/t14-,17-,19?,22?/m0/s1. The van der Waals surface area contributed by atoms with Gasteiger partial charge in [0, 0.05) is 29.8 Å². The van der Waals surface area contributed by atoms with Gasteiger partial charge in [0.25, 0.3) is 6.02 Å². The molecule has 1 fully saturated rings. The maximum Gasteiger partial charge on any atom is 0.283 e. The molecule has 2 unspecified atom stereocenters. The number of nitrogens with two attached hydrogens (primary N) is 1. The van der Waals surface area contributed by atoms with Crippen molar-refractivity contribution in [3.63, 3.8) is 0 Å². The van der Waals surface area contributed by atoms with Crippen LogP contribution in [0, 0.1) is 11.9 Å². The molecule has 1 aromatic heterocycles. The quantitative estimate of drug-likeness (QED) is 0.803. The van der Waals surface area contributed by atoms with E-state index in [4.69, 9.17) is 24.9 Å². The summed E-state index contributed by atoms with van der Waals surface area (Å²) in [6.45, 7) is 3.05. The summed E-state index contributed by atoms with van der Waals surface area (Å²) in [7, 11) is 0. The van der Waals surface area contributed by atoms with Gasteiger partial charge in [0.15, 0.2) is 0 Å². The third kappa shape index (κ3) is 2.95. The first-order valence-corrected chi connectivity index (χ1v) is 10.1. The Kier molecular flexibility index (Phi) is 4.42. The summed E-state index contributed by atoms with van der Waals surface area (Å²) in [5.41, 5.74) is 7.39. The van der Waals surface area contributed by atoms with E-state index in [1.807, 2.05) is 25.1 Å². The van der Waals surface area contributed by atoms with Crippen LogP contribution in [-0.2, 0) is 15.0 Å². The summed E-state index contributed by atoms with van der Waals surface area (Å²) in [5.74, 6) is 0.336. The highest BCUT2D eigenvalue weighted by atomic mass is 19.1. The first-order valence-electron chi connectivity index (χ1n) is 10.1. The number of nitrogens with zero attached hydrogens (tertiary/aromatic N) is 2. The molecule has 5 rings (SSSR count). The number of benzene rings is 1. The smallest absolute Gasteiger partial charge is 0.283 e. The molecule has 0 bridgehead atoms. The molecule has 3 heterocycles. The molecule has 7 heteroatoms. The van der Waals surface area contributed by atoms with Crippen molar-refractivity contribution in [2.75, 3.05) is 13.2 Å². The number of rotatable bonds is 3. The lowest BCUT2D eigenvalue weighted by Crippen LogP contribution is -2.52. The average Bonchev–Trinajstić information content (AvgIpc) is 3.12. The number of amidine groups is 1. The van der Waals surface area contributed by atoms with Gasteiger partial charge in [-0.25, -0.2) is 9.98 Å². The van der Waals surface area contributed by atoms with Crippen molar-refractivity contribution in [2.45, 2.75) is 43.9 Å². The van der Waals surface area contributed by atoms with Crippen molar-refractivity contribution in [3.05, 3.63) is 48.0 Å². The highest BCUT2D eigenvalue weighted by molar-refractivity contribution is 5.75. The number of fused-ring (bicyclic) bond motifs is 4. The Morgan fingerprint density at radius 2 is 2.21 bits per heavy atom. The summed E-state index contributed by atoms with van der Waals surface area (Å²) < 4.78 is 32.3. The summed E-state index contributed by atoms with van der Waals surface area (Å²) in [6, 6.07) is 9.34. The SMILES string of the molecule is CCO[C@H]1CCC2Oc3ccc(-c4cccnc4F)cc3C3(COC(N)=N3)[C@H]2C1. The van der Waals surface area contributed by atoms with Crippen molar-refractivity contribution in [1.82, 2.24) is 4.98 Å². The van der Waals surface area contributed by atoms with E-state index in [9.17, 15) is 4.39 Å². The van der Waals surface area contributed by atoms with Crippen molar-refractivity contribution in [1.29, 1.82) is 0 Å². The van der Waals surface area contributed by atoms with E-state index in [-0.39, 0.29) is 24.1 Å². The monoisotopic (exact) mass is 397 g/mol. The van der Waals surface area contributed by atoms with Crippen LogP contribution in [0.1, 0.15) is 31.7 Å². The fourth-order valence-electron chi connectivity index (χ4n) is 5.01. The predicted molar refractivity (Wildman–Crippen MR) is 106 cm³/mol. The van der Waals surface area contributed by atoms with E-state index < -0.39 is 11.5 Å². The lowest BCUT2D eigenvalue weighted by atomic mass is 9.67. The van der Waals surface area contributed by atoms with E-state index in [2.05, 4.69) is 4.98 Å². The maximum absolute atomic E-state index is 14.3. The Morgan fingerprint density at radius 3 is 2.97 bits per heavy atom. The number of aliphatic imine (C=N–C) groups is 1. The van der Waals surface area contributed by atoms with Gasteiger partial charge in [-0.15, -0.1) is 0 Å². The summed E-state index contributed by atoms with van der Waals surface area (Å²) in [4.78, 5) is 8.56. The van der Waals surface area contributed by atoms with Crippen LogP contribution in [-0.4, -0.2) is 36.4 Å². The van der Waals surface area contributed by atoms with Crippen LogP contribution in [0.4, 0.5) is 4.39 Å². The average molecular weight is 397 g/mol. The van der Waals surface area contributed by atoms with Crippen molar-refractivity contribution >= 4 is 6.02 Å². The van der Waals surface area contributed by atoms with Crippen LogP contribution in [0.25, 0.3) is 11.1 Å². The first kappa shape index (κ1) is 18.4. The number of halogens is 1. The summed E-state index contributed by atoms with van der Waals surface area (Å²) in [5, 5.41) is 0. The van der Waals surface area contributed by atoms with Crippen LogP contribution in [0.2, 0.25) is 0 Å². The first-order chi connectivity index (χ1) is 14.1. The van der Waals surface area contributed by atoms with E-state index in [0.717, 1.165) is 36.1 Å². The minimum atomic E-state index is -0.646. The molecular weight excluding hydrogens is 373 g/mol. The highest BCUT2D eigenvalue weighted by Crippen LogP contribution is 2.53. The van der Waals surface area contributed by atoms with Crippen LogP contribution in [0.5, 0.6) is 5.75 Å². The lowest BCUT2D eigenvalue weighted by Gasteiger charge is -2.47. The Hall–Kier alpha value is -2.67. The van der Waals surface area contributed by atoms with Crippen LogP contribution < -0.4 is 10.5 Å². The molecule has 2 aromatic rings. The second-order valence-corrected chi connectivity index (χ2v) is 7.87. The third-order valence-electron chi connectivity index (χ3n) is 6.30. The zero-order chi connectivity index (χ0) is 20.0. The Balaban J connectivity index is 1.62. The molecule has 0 radical (unpaired) electrons. The second kappa shape index (κ2) is 6.99. The molecule has 0 amide bonds. The summed E-state index contributed by atoms with van der Waals surface area (Å²) >= 11 is 0. The van der Waals surface area contributed by atoms with E-state index in [1.165, 1.54) is 6.20 Å². The zero-order valence-corrected chi connectivity index (χ0v) is 16.3. The van der Waals surface area contributed by atoms with Gasteiger partial charge in [0.2, 0.25) is 5.95 Å². The Morgan fingerprint density at radius 1 is 1.31 bits per heavy atom. The highest BCUT2D eigenvalue weighted by Gasteiger charge is 2.55. The van der Waals surface area contributed by atoms with E-state index >= 15 is 0 Å². The normalized spacial score (nSPS) is 30.1. The van der Waals surface area contributed by atoms with Crippen LogP contribution >= 0.6 is 0 Å². The maximum atomic E-state index is 14.3. The van der Waals surface area contributed by atoms with Crippen molar-refractivity contribution in [2.24, 2.45) is 16.6 Å². The van der Waals surface area contributed by atoms with E-state index in [0.29, 0.717) is 18.8 Å². The largest absolute Gasteiger partial charge is 0.490 e. The molecule has 29 heavy (non-hydrogen) atoms. The lowest BCUT2D eigenvalue weighted by molar-refractivity contribution is -0.0595. The topological polar surface area (TPSA) is 79.0 Å². The van der Waals surface area contributed by atoms with Gasteiger partial charge in [-0.1, -0.05) is 6.07 Å². The third-order valence-corrected chi connectivity index (χ3v) is 6.30. The molecule has 1 spiro atoms. The minimum Gasteiger partial charge on any atom is -0.490 e. The zero-order valence-electron chi connectivity index (χ0n) is 16.3. The minimum absolute atomic E-state index is 0.0263. The molecule has 0 saturated heterocycles. The van der Waals surface area contributed by atoms with Gasteiger partial charge in [-0.2, -0.15) is 4.39 Å². The Labute approximate surface area is 168 Å². The Bertz CT molecular complexity index is 966. The molecule has 3 aliphatic rings. The number of hydrogen-bond donors (Lipinski definition) is 1. The fourth-order valence-corrected chi connectivity index (χ4v) is 5.01. The molecule has 1 aromatic carbocycles. The molecule has 6 nitrogen and oxygen atoms in total. The molecule has 2 N–H and O–H groups in total. The van der Waals surface area contributed by atoms with E-state index in [1.54, 1.807) is 12.1 Å². The molecular formula is C22H24FN3O3. The van der Waals surface area contributed by atoms with Gasteiger partial charge >= 0.3 is 0 Å². The molecule has 152 valence electrons. The molecule has 1 saturated carbocycles. The number of pyridine rings is 1. The van der Waals surface area contributed by atoms with Gasteiger partial charge in [-0.05, 0) is 56.0 Å². The van der Waals surface area contributed by atoms with Crippen LogP contribution in [0.15, 0.2) is 41.5 Å². The summed E-state index contributed by atoms with van der Waals surface area (Å²) in [6.07, 6.45) is 4.31.